The van der Waals surface area contributed by atoms with Crippen LogP contribution in [0.5, 0.6) is 5.75 Å². The molecule has 1 N–H and O–H groups in total. The lowest BCUT2D eigenvalue weighted by Crippen LogP contribution is -2.44. The Morgan fingerprint density at radius 1 is 1.37 bits per heavy atom. The van der Waals surface area contributed by atoms with E-state index in [2.05, 4.69) is 15.9 Å². The van der Waals surface area contributed by atoms with Gasteiger partial charge in [-0.2, -0.15) is 0 Å². The fraction of sp³-hybridized carbons (Fsp3) is 0.533. The topological polar surface area (TPSA) is 40.5 Å². The molecule has 3 nitrogen and oxygen atoms in total. The highest BCUT2D eigenvalue weighted by atomic mass is 79.9. The molecule has 1 fully saturated rings. The number of benzene rings is 1. The van der Waals surface area contributed by atoms with Crippen LogP contribution in [0, 0.1) is 6.92 Å². The molecule has 0 aliphatic heterocycles. The molecular weight excluding hydrogens is 306 g/mol. The van der Waals surface area contributed by atoms with Crippen LogP contribution in [0.25, 0.3) is 0 Å². The van der Waals surface area contributed by atoms with E-state index in [1.54, 1.807) is 17.0 Å². The van der Waals surface area contributed by atoms with Crippen molar-refractivity contribution in [2.24, 2.45) is 0 Å². The van der Waals surface area contributed by atoms with E-state index >= 15 is 0 Å². The highest BCUT2D eigenvalue weighted by Crippen LogP contribution is 2.30. The number of amides is 1. The van der Waals surface area contributed by atoms with Gasteiger partial charge in [-0.25, -0.2) is 0 Å². The van der Waals surface area contributed by atoms with E-state index in [9.17, 15) is 9.90 Å². The highest BCUT2D eigenvalue weighted by molar-refractivity contribution is 9.09. The molecule has 0 radical (unpaired) electrons. The van der Waals surface area contributed by atoms with E-state index in [1.165, 1.54) is 6.42 Å². The second kappa shape index (κ2) is 5.95. The summed E-state index contributed by atoms with van der Waals surface area (Å²) in [7, 11) is 1.83. The van der Waals surface area contributed by atoms with Crippen LogP contribution in [-0.2, 0) is 0 Å². The van der Waals surface area contributed by atoms with E-state index in [4.69, 9.17) is 0 Å². The van der Waals surface area contributed by atoms with Gasteiger partial charge in [0.1, 0.15) is 5.75 Å². The first-order valence-electron chi connectivity index (χ1n) is 6.71. The van der Waals surface area contributed by atoms with Crippen molar-refractivity contribution in [2.75, 3.05) is 7.05 Å². The van der Waals surface area contributed by atoms with Crippen LogP contribution in [0.2, 0.25) is 0 Å². The molecule has 104 valence electrons. The van der Waals surface area contributed by atoms with Gasteiger partial charge in [0.2, 0.25) is 0 Å². The molecule has 0 heterocycles. The zero-order valence-corrected chi connectivity index (χ0v) is 13.0. The first-order valence-corrected chi connectivity index (χ1v) is 7.63. The molecule has 1 amide bonds. The Bertz CT molecular complexity index is 475. The summed E-state index contributed by atoms with van der Waals surface area (Å²) in [6.45, 7) is 1.90. The quantitative estimate of drug-likeness (QED) is 0.846. The van der Waals surface area contributed by atoms with Gasteiger partial charge in [-0.15, -0.1) is 0 Å². The van der Waals surface area contributed by atoms with E-state index in [1.807, 2.05) is 20.0 Å². The van der Waals surface area contributed by atoms with Crippen molar-refractivity contribution in [1.29, 1.82) is 0 Å². The third-order valence-electron chi connectivity index (χ3n) is 3.85. The minimum atomic E-state index is -0.103. The summed E-state index contributed by atoms with van der Waals surface area (Å²) in [5, 5.41) is 9.92. The molecule has 2 unspecified atom stereocenters. The average molecular weight is 326 g/mol. The summed E-state index contributed by atoms with van der Waals surface area (Å²) in [6, 6.07) is 5.40. The molecule has 0 spiro atoms. The number of carbonyl (C=O) groups excluding carboxylic acids is 1. The van der Waals surface area contributed by atoms with Gasteiger partial charge in [0, 0.05) is 17.9 Å². The molecular formula is C15H20BrNO2. The number of hydrogen-bond acceptors (Lipinski definition) is 2. The SMILES string of the molecule is Cc1ccc(C(=O)N(C)C2CCCCC2Br)c(O)c1. The predicted octanol–water partition coefficient (Wildman–Crippen LogP) is 3.48. The molecule has 1 aromatic carbocycles. The van der Waals surface area contributed by atoms with Gasteiger partial charge in [-0.05, 0) is 37.5 Å². The Balaban J connectivity index is 2.18. The summed E-state index contributed by atoms with van der Waals surface area (Å²) in [4.78, 5) is 14.6. The number of phenols is 1. The second-order valence-electron chi connectivity index (χ2n) is 5.30. The van der Waals surface area contributed by atoms with Crippen LogP contribution in [0.4, 0.5) is 0 Å². The maximum absolute atomic E-state index is 12.5. The van der Waals surface area contributed by atoms with Gasteiger partial charge in [-0.1, -0.05) is 34.8 Å². The first kappa shape index (κ1) is 14.4. The number of hydrogen-bond donors (Lipinski definition) is 1. The number of rotatable bonds is 2. The molecule has 19 heavy (non-hydrogen) atoms. The second-order valence-corrected chi connectivity index (χ2v) is 6.48. The molecule has 0 bridgehead atoms. The maximum Gasteiger partial charge on any atom is 0.257 e. The van der Waals surface area contributed by atoms with Crippen molar-refractivity contribution in [3.05, 3.63) is 29.3 Å². The van der Waals surface area contributed by atoms with Gasteiger partial charge < -0.3 is 10.0 Å². The molecule has 2 rings (SSSR count). The Morgan fingerprint density at radius 3 is 2.68 bits per heavy atom. The van der Waals surface area contributed by atoms with Crippen molar-refractivity contribution in [3.63, 3.8) is 0 Å². The van der Waals surface area contributed by atoms with Gasteiger partial charge >= 0.3 is 0 Å². The van der Waals surface area contributed by atoms with Crippen molar-refractivity contribution in [2.45, 2.75) is 43.5 Å². The van der Waals surface area contributed by atoms with Crippen molar-refractivity contribution >= 4 is 21.8 Å². The average Bonchev–Trinajstić information content (AvgIpc) is 2.38. The summed E-state index contributed by atoms with van der Waals surface area (Å²) >= 11 is 3.67. The minimum Gasteiger partial charge on any atom is -0.507 e. The van der Waals surface area contributed by atoms with Crippen molar-refractivity contribution < 1.29 is 9.90 Å². The zero-order chi connectivity index (χ0) is 14.0. The van der Waals surface area contributed by atoms with Gasteiger partial charge in [0.05, 0.1) is 5.56 Å². The molecule has 0 aromatic heterocycles. The lowest BCUT2D eigenvalue weighted by atomic mass is 9.94. The van der Waals surface area contributed by atoms with Gasteiger partial charge in [0.25, 0.3) is 5.91 Å². The molecule has 4 heteroatoms. The Labute approximate surface area is 122 Å². The fourth-order valence-electron chi connectivity index (χ4n) is 2.67. The van der Waals surface area contributed by atoms with Crippen LogP contribution in [-0.4, -0.2) is 33.8 Å². The van der Waals surface area contributed by atoms with Crippen LogP contribution < -0.4 is 0 Å². The number of nitrogens with zero attached hydrogens (tertiary/aromatic N) is 1. The molecule has 1 aliphatic rings. The van der Waals surface area contributed by atoms with Crippen LogP contribution in [0.1, 0.15) is 41.6 Å². The zero-order valence-electron chi connectivity index (χ0n) is 11.4. The lowest BCUT2D eigenvalue weighted by molar-refractivity contribution is 0.0701. The van der Waals surface area contributed by atoms with Gasteiger partial charge in [-0.3, -0.25) is 4.79 Å². The number of halogens is 1. The number of aryl methyl sites for hydroxylation is 1. The fourth-order valence-corrected chi connectivity index (χ4v) is 3.61. The third-order valence-corrected chi connectivity index (χ3v) is 4.92. The number of aromatic hydroxyl groups is 1. The number of carbonyl (C=O) groups is 1. The van der Waals surface area contributed by atoms with Gasteiger partial charge in [0.15, 0.2) is 0 Å². The minimum absolute atomic E-state index is 0.0683. The standard InChI is InChI=1S/C15H20BrNO2/c1-10-7-8-11(14(18)9-10)15(19)17(2)13-6-4-3-5-12(13)16/h7-9,12-13,18H,3-6H2,1-2H3. The molecule has 0 saturated heterocycles. The molecule has 1 aliphatic carbocycles. The number of phenolic OH excluding ortho intramolecular Hbond substituents is 1. The van der Waals surface area contributed by atoms with Crippen LogP contribution >= 0.6 is 15.9 Å². The van der Waals surface area contributed by atoms with Crippen molar-refractivity contribution in [1.82, 2.24) is 4.90 Å². The smallest absolute Gasteiger partial charge is 0.257 e. The molecule has 2 atom stereocenters. The van der Waals surface area contributed by atoms with E-state index in [-0.39, 0.29) is 17.7 Å². The van der Waals surface area contributed by atoms with E-state index in [0.717, 1.165) is 24.8 Å². The molecule has 1 aromatic rings. The summed E-state index contributed by atoms with van der Waals surface area (Å²) in [6.07, 6.45) is 4.49. The first-order chi connectivity index (χ1) is 9.00. The maximum atomic E-state index is 12.5. The monoisotopic (exact) mass is 325 g/mol. The van der Waals surface area contributed by atoms with Crippen LogP contribution in [0.3, 0.4) is 0 Å². The highest BCUT2D eigenvalue weighted by Gasteiger charge is 2.30. The largest absolute Gasteiger partial charge is 0.507 e. The summed E-state index contributed by atoms with van der Waals surface area (Å²) in [5.74, 6) is -0.0346. The Hall–Kier alpha value is -1.03. The third kappa shape index (κ3) is 3.11. The van der Waals surface area contributed by atoms with Crippen molar-refractivity contribution in [3.8, 4) is 5.75 Å². The Morgan fingerprint density at radius 2 is 2.05 bits per heavy atom. The lowest BCUT2D eigenvalue weighted by Gasteiger charge is -2.35. The summed E-state index contributed by atoms with van der Waals surface area (Å²) in [5.41, 5.74) is 1.34. The predicted molar refractivity (Wildman–Crippen MR) is 79.9 cm³/mol. The molecule has 1 saturated carbocycles. The number of alkyl halides is 1. The van der Waals surface area contributed by atoms with Crippen LogP contribution in [0.15, 0.2) is 18.2 Å². The van der Waals surface area contributed by atoms with E-state index in [0.29, 0.717) is 10.4 Å². The Kier molecular flexibility index (Phi) is 4.50. The van der Waals surface area contributed by atoms with E-state index < -0.39 is 0 Å². The normalized spacial score (nSPS) is 23.1. The summed E-state index contributed by atoms with van der Waals surface area (Å²) < 4.78 is 0.